The Morgan fingerprint density at radius 2 is 1.67 bits per heavy atom. The quantitative estimate of drug-likeness (QED) is 0.764. The standard InChI is InChI=1S/C19H33NO/c1-18(2,3)20-15-17(12-13-19(4,5)21-6)14-16-10-8-7-9-11-16/h7-11,17,20H,12-15H2,1-6H3. The van der Waals surface area contributed by atoms with E-state index in [1.807, 2.05) is 0 Å². The van der Waals surface area contributed by atoms with E-state index >= 15 is 0 Å². The van der Waals surface area contributed by atoms with E-state index in [0.29, 0.717) is 5.92 Å². The van der Waals surface area contributed by atoms with Crippen LogP contribution in [0.2, 0.25) is 0 Å². The Morgan fingerprint density at radius 1 is 1.05 bits per heavy atom. The first kappa shape index (κ1) is 18.2. The summed E-state index contributed by atoms with van der Waals surface area (Å²) in [4.78, 5) is 0. The van der Waals surface area contributed by atoms with Gasteiger partial charge in [-0.05, 0) is 71.9 Å². The summed E-state index contributed by atoms with van der Waals surface area (Å²) in [5, 5.41) is 3.66. The summed E-state index contributed by atoms with van der Waals surface area (Å²) < 4.78 is 5.56. The predicted octanol–water partition coefficient (Wildman–Crippen LogP) is 4.44. The molecule has 0 fully saturated rings. The third-order valence-electron chi connectivity index (χ3n) is 4.00. The van der Waals surface area contributed by atoms with Gasteiger partial charge >= 0.3 is 0 Å². The lowest BCUT2D eigenvalue weighted by atomic mass is 9.89. The van der Waals surface area contributed by atoms with E-state index in [-0.39, 0.29) is 11.1 Å². The van der Waals surface area contributed by atoms with Gasteiger partial charge in [0.15, 0.2) is 0 Å². The molecule has 0 aliphatic heterocycles. The Labute approximate surface area is 131 Å². The summed E-state index contributed by atoms with van der Waals surface area (Å²) >= 11 is 0. The molecule has 1 rings (SSSR count). The Hall–Kier alpha value is -0.860. The van der Waals surface area contributed by atoms with Crippen LogP contribution in [0.15, 0.2) is 30.3 Å². The number of hydrogen-bond donors (Lipinski definition) is 1. The van der Waals surface area contributed by atoms with Crippen LogP contribution in [0.25, 0.3) is 0 Å². The topological polar surface area (TPSA) is 21.3 Å². The zero-order valence-electron chi connectivity index (χ0n) is 14.7. The molecule has 1 N–H and O–H groups in total. The minimum atomic E-state index is -0.0311. The maximum Gasteiger partial charge on any atom is 0.0622 e. The van der Waals surface area contributed by atoms with E-state index < -0.39 is 0 Å². The van der Waals surface area contributed by atoms with Crippen molar-refractivity contribution in [3.8, 4) is 0 Å². The van der Waals surface area contributed by atoms with Crippen molar-refractivity contribution in [2.75, 3.05) is 13.7 Å². The molecule has 0 aliphatic carbocycles. The largest absolute Gasteiger partial charge is 0.379 e. The summed E-state index contributed by atoms with van der Waals surface area (Å²) in [6.45, 7) is 12.1. The highest BCUT2D eigenvalue weighted by molar-refractivity contribution is 5.15. The smallest absolute Gasteiger partial charge is 0.0622 e. The fourth-order valence-electron chi connectivity index (χ4n) is 2.33. The molecule has 0 spiro atoms. The van der Waals surface area contributed by atoms with Crippen LogP contribution in [0.5, 0.6) is 0 Å². The highest BCUT2D eigenvalue weighted by atomic mass is 16.5. The Balaban J connectivity index is 2.61. The van der Waals surface area contributed by atoms with Crippen molar-refractivity contribution in [2.45, 2.75) is 65.0 Å². The second-order valence-electron chi connectivity index (χ2n) is 7.69. The predicted molar refractivity (Wildman–Crippen MR) is 91.7 cm³/mol. The van der Waals surface area contributed by atoms with Gasteiger partial charge < -0.3 is 10.1 Å². The molecule has 0 bridgehead atoms. The van der Waals surface area contributed by atoms with Crippen molar-refractivity contribution >= 4 is 0 Å². The first-order chi connectivity index (χ1) is 9.72. The summed E-state index contributed by atoms with van der Waals surface area (Å²) in [7, 11) is 1.81. The first-order valence-corrected chi connectivity index (χ1v) is 8.06. The lowest BCUT2D eigenvalue weighted by Crippen LogP contribution is -2.40. The van der Waals surface area contributed by atoms with E-state index in [0.717, 1.165) is 19.4 Å². The first-order valence-electron chi connectivity index (χ1n) is 8.06. The molecule has 1 aromatic rings. The van der Waals surface area contributed by atoms with Gasteiger partial charge in [-0.2, -0.15) is 0 Å². The van der Waals surface area contributed by atoms with Crippen molar-refractivity contribution in [2.24, 2.45) is 5.92 Å². The van der Waals surface area contributed by atoms with Gasteiger partial charge in [0.2, 0.25) is 0 Å². The second-order valence-corrected chi connectivity index (χ2v) is 7.69. The van der Waals surface area contributed by atoms with Gasteiger partial charge in [0, 0.05) is 12.6 Å². The van der Waals surface area contributed by atoms with Crippen LogP contribution >= 0.6 is 0 Å². The maximum absolute atomic E-state index is 5.56. The average Bonchev–Trinajstić information content (AvgIpc) is 2.42. The zero-order chi connectivity index (χ0) is 15.9. The van der Waals surface area contributed by atoms with Crippen LogP contribution in [0.1, 0.15) is 53.0 Å². The number of rotatable bonds is 8. The third kappa shape index (κ3) is 8.23. The molecule has 2 heteroatoms. The number of methoxy groups -OCH3 is 1. The van der Waals surface area contributed by atoms with Crippen molar-refractivity contribution in [3.05, 3.63) is 35.9 Å². The van der Waals surface area contributed by atoms with Gasteiger partial charge in [-0.1, -0.05) is 30.3 Å². The fraction of sp³-hybridized carbons (Fsp3) is 0.684. The van der Waals surface area contributed by atoms with Crippen molar-refractivity contribution < 1.29 is 4.74 Å². The van der Waals surface area contributed by atoms with E-state index in [2.05, 4.69) is 70.3 Å². The number of benzene rings is 1. The van der Waals surface area contributed by atoms with Crippen LogP contribution < -0.4 is 5.32 Å². The Morgan fingerprint density at radius 3 is 2.19 bits per heavy atom. The molecule has 1 aromatic carbocycles. The van der Waals surface area contributed by atoms with E-state index in [1.165, 1.54) is 12.0 Å². The van der Waals surface area contributed by atoms with Crippen molar-refractivity contribution in [1.29, 1.82) is 0 Å². The van der Waals surface area contributed by atoms with Crippen LogP contribution in [-0.2, 0) is 11.2 Å². The zero-order valence-corrected chi connectivity index (χ0v) is 14.7. The number of hydrogen-bond acceptors (Lipinski definition) is 2. The fourth-order valence-corrected chi connectivity index (χ4v) is 2.33. The molecule has 1 atom stereocenters. The van der Waals surface area contributed by atoms with Crippen LogP contribution in [-0.4, -0.2) is 24.8 Å². The molecule has 0 aliphatic rings. The molecule has 0 aromatic heterocycles. The molecule has 21 heavy (non-hydrogen) atoms. The van der Waals surface area contributed by atoms with Gasteiger partial charge in [-0.15, -0.1) is 0 Å². The van der Waals surface area contributed by atoms with Gasteiger partial charge in [0.25, 0.3) is 0 Å². The molecular weight excluding hydrogens is 258 g/mol. The minimum Gasteiger partial charge on any atom is -0.379 e. The van der Waals surface area contributed by atoms with Gasteiger partial charge in [0.05, 0.1) is 5.60 Å². The molecule has 2 nitrogen and oxygen atoms in total. The Kier molecular flexibility index (Phi) is 6.89. The van der Waals surface area contributed by atoms with Crippen LogP contribution in [0, 0.1) is 5.92 Å². The van der Waals surface area contributed by atoms with Gasteiger partial charge in [-0.25, -0.2) is 0 Å². The summed E-state index contributed by atoms with van der Waals surface area (Å²) in [5.41, 5.74) is 1.57. The highest BCUT2D eigenvalue weighted by Crippen LogP contribution is 2.22. The van der Waals surface area contributed by atoms with Crippen molar-refractivity contribution in [1.82, 2.24) is 5.32 Å². The molecule has 1 unspecified atom stereocenters. The van der Waals surface area contributed by atoms with E-state index in [4.69, 9.17) is 4.74 Å². The third-order valence-corrected chi connectivity index (χ3v) is 4.00. The maximum atomic E-state index is 5.56. The highest BCUT2D eigenvalue weighted by Gasteiger charge is 2.21. The Bertz CT molecular complexity index is 392. The molecule has 0 amide bonds. The van der Waals surface area contributed by atoms with E-state index in [1.54, 1.807) is 7.11 Å². The SMILES string of the molecule is COC(C)(C)CCC(CNC(C)(C)C)Cc1ccccc1. The lowest BCUT2D eigenvalue weighted by molar-refractivity contribution is 0.0102. The van der Waals surface area contributed by atoms with Crippen LogP contribution in [0.4, 0.5) is 0 Å². The average molecular weight is 291 g/mol. The molecule has 120 valence electrons. The summed E-state index contributed by atoms with van der Waals surface area (Å²) in [6, 6.07) is 10.8. The number of nitrogens with one attached hydrogen (secondary N) is 1. The molecule has 0 saturated carbocycles. The molecule has 0 saturated heterocycles. The minimum absolute atomic E-state index is 0.0311. The molecule has 0 radical (unpaired) electrons. The second kappa shape index (κ2) is 7.95. The van der Waals surface area contributed by atoms with Crippen molar-refractivity contribution in [3.63, 3.8) is 0 Å². The number of ether oxygens (including phenoxy) is 1. The van der Waals surface area contributed by atoms with Gasteiger partial charge in [0.1, 0.15) is 0 Å². The molecule has 0 heterocycles. The summed E-state index contributed by atoms with van der Waals surface area (Å²) in [5.74, 6) is 0.640. The van der Waals surface area contributed by atoms with E-state index in [9.17, 15) is 0 Å². The van der Waals surface area contributed by atoms with Crippen LogP contribution in [0.3, 0.4) is 0 Å². The lowest BCUT2D eigenvalue weighted by Gasteiger charge is -2.29. The molecular formula is C19H33NO. The normalized spacial score (nSPS) is 14.2. The summed E-state index contributed by atoms with van der Waals surface area (Å²) in [6.07, 6.45) is 3.40. The van der Waals surface area contributed by atoms with Gasteiger partial charge in [-0.3, -0.25) is 0 Å². The monoisotopic (exact) mass is 291 g/mol.